The van der Waals surface area contributed by atoms with Gasteiger partial charge in [0.1, 0.15) is 5.75 Å². The molecule has 0 radical (unpaired) electrons. The standard InChI is InChI=1S/C31H38ClNO5/c1-19-16-37-29(14-27(19)34)24-8-5-22(24)15-33-17-31(11-3-4-20-12-23(32)7-9-25(20)31)18-38-28-10-6-21(13-26(28)33)30(35)36-2/h6-7,9-10,12-13,19,22,24,27,29,34H,3-5,8,11,14-18H2,1-2H3/t19-,22+,24-,27-,29-,31+/m1/s1. The van der Waals surface area contributed by atoms with E-state index in [9.17, 15) is 9.90 Å². The summed E-state index contributed by atoms with van der Waals surface area (Å²) >= 11 is 6.39. The number of nitrogens with zero attached hydrogens (tertiary/aromatic N) is 1. The molecule has 2 aromatic carbocycles. The number of benzene rings is 2. The van der Waals surface area contributed by atoms with Crippen LogP contribution in [0.1, 0.15) is 60.5 Å². The molecule has 1 saturated carbocycles. The Morgan fingerprint density at radius 3 is 2.87 bits per heavy atom. The van der Waals surface area contributed by atoms with Gasteiger partial charge in [0.25, 0.3) is 0 Å². The number of aryl methyl sites for hydroxylation is 1. The number of methoxy groups -OCH3 is 1. The first kappa shape index (κ1) is 26.0. The molecule has 0 unspecified atom stereocenters. The van der Waals surface area contributed by atoms with Crippen LogP contribution in [0.2, 0.25) is 5.02 Å². The summed E-state index contributed by atoms with van der Waals surface area (Å²) in [5.41, 5.74) is 3.97. The van der Waals surface area contributed by atoms with Crippen LogP contribution in [0.15, 0.2) is 36.4 Å². The third-order valence-corrected chi connectivity index (χ3v) is 9.81. The third-order valence-electron chi connectivity index (χ3n) is 9.57. The molecule has 2 aliphatic carbocycles. The van der Waals surface area contributed by atoms with Gasteiger partial charge in [-0.15, -0.1) is 0 Å². The molecule has 0 bridgehead atoms. The van der Waals surface area contributed by atoms with Gasteiger partial charge in [0, 0.05) is 35.9 Å². The van der Waals surface area contributed by atoms with Crippen LogP contribution >= 0.6 is 11.6 Å². The number of carbonyl (C=O) groups excluding carboxylic acids is 1. The molecule has 204 valence electrons. The van der Waals surface area contributed by atoms with Crippen LogP contribution in [0, 0.1) is 17.8 Å². The molecule has 7 heteroatoms. The summed E-state index contributed by atoms with van der Waals surface area (Å²) in [4.78, 5) is 14.9. The maximum absolute atomic E-state index is 12.5. The van der Waals surface area contributed by atoms with E-state index in [1.54, 1.807) is 6.07 Å². The molecule has 0 amide bonds. The van der Waals surface area contributed by atoms with Gasteiger partial charge in [-0.05, 0) is 85.4 Å². The second-order valence-corrected chi connectivity index (χ2v) is 12.4. The van der Waals surface area contributed by atoms with E-state index in [2.05, 4.69) is 24.0 Å². The Kier molecular flexibility index (Phi) is 7.08. The van der Waals surface area contributed by atoms with Crippen LogP contribution in [-0.4, -0.2) is 56.7 Å². The number of hydrogen-bond acceptors (Lipinski definition) is 6. The van der Waals surface area contributed by atoms with E-state index in [1.165, 1.54) is 18.2 Å². The number of rotatable bonds is 4. The van der Waals surface area contributed by atoms with Gasteiger partial charge in [-0.1, -0.05) is 24.6 Å². The quantitative estimate of drug-likeness (QED) is 0.524. The molecule has 6 rings (SSSR count). The maximum Gasteiger partial charge on any atom is 0.337 e. The molecule has 6 atom stereocenters. The van der Waals surface area contributed by atoms with Crippen molar-refractivity contribution in [3.8, 4) is 5.75 Å². The predicted octanol–water partition coefficient (Wildman–Crippen LogP) is 5.41. The SMILES string of the molecule is COC(=O)c1ccc2c(c1)N(C[C@@H]1CC[C@H]1[C@H]1C[C@@H](O)[C@H](C)CO1)C[C@@]1(CCCc3cc(Cl)ccc31)CO2. The number of aliphatic hydroxyl groups excluding tert-OH is 1. The summed E-state index contributed by atoms with van der Waals surface area (Å²) < 4.78 is 17.8. The van der Waals surface area contributed by atoms with Crippen molar-refractivity contribution in [3.05, 3.63) is 58.1 Å². The van der Waals surface area contributed by atoms with Crippen LogP contribution in [-0.2, 0) is 21.3 Å². The fourth-order valence-corrected chi connectivity index (χ4v) is 7.37. The number of anilines is 1. The molecule has 1 saturated heterocycles. The van der Waals surface area contributed by atoms with Gasteiger partial charge in [0.05, 0.1) is 43.8 Å². The number of carbonyl (C=O) groups is 1. The number of hydrogen-bond donors (Lipinski definition) is 1. The summed E-state index contributed by atoms with van der Waals surface area (Å²) in [6, 6.07) is 11.9. The maximum atomic E-state index is 12.5. The summed E-state index contributed by atoms with van der Waals surface area (Å²) in [6.45, 7) is 4.95. The number of halogens is 1. The van der Waals surface area contributed by atoms with Crippen molar-refractivity contribution in [1.82, 2.24) is 0 Å². The molecule has 38 heavy (non-hydrogen) atoms. The van der Waals surface area contributed by atoms with Crippen molar-refractivity contribution in [2.24, 2.45) is 17.8 Å². The second kappa shape index (κ2) is 10.4. The molecule has 0 aromatic heterocycles. The first-order valence-corrected chi connectivity index (χ1v) is 14.4. The van der Waals surface area contributed by atoms with Crippen molar-refractivity contribution < 1.29 is 24.1 Å². The zero-order valence-corrected chi connectivity index (χ0v) is 23.1. The first-order chi connectivity index (χ1) is 18.4. The second-order valence-electron chi connectivity index (χ2n) is 11.9. The third kappa shape index (κ3) is 4.69. The van der Waals surface area contributed by atoms with Crippen LogP contribution < -0.4 is 9.64 Å². The zero-order chi connectivity index (χ0) is 26.4. The highest BCUT2D eigenvalue weighted by molar-refractivity contribution is 6.30. The summed E-state index contributed by atoms with van der Waals surface area (Å²) in [5, 5.41) is 11.3. The molecular weight excluding hydrogens is 502 g/mol. The molecule has 2 aromatic rings. The van der Waals surface area contributed by atoms with Gasteiger partial charge in [-0.3, -0.25) is 0 Å². The molecule has 1 spiro atoms. The molecule has 6 nitrogen and oxygen atoms in total. The van der Waals surface area contributed by atoms with Crippen molar-refractivity contribution in [2.45, 2.75) is 63.1 Å². The van der Waals surface area contributed by atoms with Crippen molar-refractivity contribution in [2.75, 3.05) is 38.3 Å². The van der Waals surface area contributed by atoms with Gasteiger partial charge < -0.3 is 24.2 Å². The average Bonchev–Trinajstić information content (AvgIpc) is 3.05. The lowest BCUT2D eigenvalue weighted by Crippen LogP contribution is -2.51. The lowest BCUT2D eigenvalue weighted by atomic mass is 9.67. The Bertz CT molecular complexity index is 1200. The van der Waals surface area contributed by atoms with Crippen LogP contribution in [0.4, 0.5) is 5.69 Å². The van der Waals surface area contributed by atoms with E-state index in [0.717, 1.165) is 61.7 Å². The van der Waals surface area contributed by atoms with Crippen molar-refractivity contribution in [3.63, 3.8) is 0 Å². The summed E-state index contributed by atoms with van der Waals surface area (Å²) in [6.07, 6.45) is 5.95. The molecule has 4 aliphatic rings. The Morgan fingerprint density at radius 1 is 1.24 bits per heavy atom. The smallest absolute Gasteiger partial charge is 0.337 e. The highest BCUT2D eigenvalue weighted by atomic mass is 35.5. The van der Waals surface area contributed by atoms with Crippen LogP contribution in [0.3, 0.4) is 0 Å². The van der Waals surface area contributed by atoms with E-state index < -0.39 is 0 Å². The fraction of sp³-hybridized carbons (Fsp3) is 0.581. The Morgan fingerprint density at radius 2 is 2.11 bits per heavy atom. The lowest BCUT2D eigenvalue weighted by Gasteiger charge is -2.48. The van der Waals surface area contributed by atoms with E-state index in [1.807, 2.05) is 18.2 Å². The Balaban J connectivity index is 1.33. The minimum Gasteiger partial charge on any atom is -0.490 e. The van der Waals surface area contributed by atoms with Gasteiger partial charge in [-0.25, -0.2) is 4.79 Å². The van der Waals surface area contributed by atoms with Gasteiger partial charge in [0.15, 0.2) is 0 Å². The molecule has 2 aliphatic heterocycles. The summed E-state index contributed by atoms with van der Waals surface area (Å²) in [7, 11) is 1.42. The topological polar surface area (TPSA) is 68.2 Å². The fourth-order valence-electron chi connectivity index (χ4n) is 7.18. The molecule has 2 fully saturated rings. The summed E-state index contributed by atoms with van der Waals surface area (Å²) in [5.74, 6) is 1.55. The Labute approximate surface area is 230 Å². The number of ether oxygens (including phenoxy) is 3. The average molecular weight is 540 g/mol. The molecule has 2 heterocycles. The minimum absolute atomic E-state index is 0.107. The van der Waals surface area contributed by atoms with Crippen molar-refractivity contribution in [1.29, 1.82) is 0 Å². The zero-order valence-electron chi connectivity index (χ0n) is 22.3. The molecule has 1 N–H and O–H groups in total. The minimum atomic E-state index is -0.343. The van der Waals surface area contributed by atoms with E-state index in [-0.39, 0.29) is 29.5 Å². The van der Waals surface area contributed by atoms with Gasteiger partial charge >= 0.3 is 5.97 Å². The predicted molar refractivity (Wildman–Crippen MR) is 147 cm³/mol. The number of aliphatic hydroxyl groups is 1. The van der Waals surface area contributed by atoms with E-state index >= 15 is 0 Å². The lowest BCUT2D eigenvalue weighted by molar-refractivity contribution is -0.124. The monoisotopic (exact) mass is 539 g/mol. The highest BCUT2D eigenvalue weighted by Gasteiger charge is 2.45. The van der Waals surface area contributed by atoms with Crippen LogP contribution in [0.25, 0.3) is 0 Å². The largest absolute Gasteiger partial charge is 0.490 e. The normalized spacial score (nSPS) is 32.4. The first-order valence-electron chi connectivity index (χ1n) is 14.1. The van der Waals surface area contributed by atoms with Crippen LogP contribution in [0.5, 0.6) is 5.75 Å². The number of fused-ring (bicyclic) bond motifs is 3. The molecular formula is C31H38ClNO5. The van der Waals surface area contributed by atoms with Gasteiger partial charge in [0.2, 0.25) is 0 Å². The van der Waals surface area contributed by atoms with Crippen molar-refractivity contribution >= 4 is 23.3 Å². The van der Waals surface area contributed by atoms with E-state index in [0.29, 0.717) is 37.0 Å². The van der Waals surface area contributed by atoms with Gasteiger partial charge in [-0.2, -0.15) is 0 Å². The highest BCUT2D eigenvalue weighted by Crippen LogP contribution is 2.47. The van der Waals surface area contributed by atoms with E-state index in [4.69, 9.17) is 25.8 Å². The number of esters is 1. The Hall–Kier alpha value is -2.28.